The first-order chi connectivity index (χ1) is 22.5. The standard InChI is InChI=1S/C37H34F8O2/c1-2-3-4-5-22-6-8-23(9-7-22)24-11-15-30(33(41)16-24)37(44,45)47-27-12-14-28(32(40)20-27)25-10-13-29(31(39)17-25)26-18-34(42)36(46-21-38)35(43)19-26/h10-20,22-23H,2-9,21H2,1H3. The fourth-order valence-corrected chi connectivity index (χ4v) is 6.31. The van der Waals surface area contributed by atoms with Crippen molar-refractivity contribution in [3.63, 3.8) is 0 Å². The monoisotopic (exact) mass is 662 g/mol. The summed E-state index contributed by atoms with van der Waals surface area (Å²) in [6, 6.07) is 11.3. The molecule has 0 spiro atoms. The molecule has 0 unspecified atom stereocenters. The van der Waals surface area contributed by atoms with E-state index in [1.807, 2.05) is 0 Å². The van der Waals surface area contributed by atoms with Gasteiger partial charge in [0.1, 0.15) is 23.2 Å². The Morgan fingerprint density at radius 3 is 1.94 bits per heavy atom. The van der Waals surface area contributed by atoms with Crippen molar-refractivity contribution in [2.24, 2.45) is 5.92 Å². The summed E-state index contributed by atoms with van der Waals surface area (Å²) in [7, 11) is 0. The fourth-order valence-electron chi connectivity index (χ4n) is 6.31. The highest BCUT2D eigenvalue weighted by Crippen LogP contribution is 2.41. The lowest BCUT2D eigenvalue weighted by molar-refractivity contribution is -0.187. The summed E-state index contributed by atoms with van der Waals surface area (Å²) in [6.45, 7) is 0.701. The molecule has 0 radical (unpaired) electrons. The van der Waals surface area contributed by atoms with Crippen LogP contribution in [0.15, 0.2) is 66.7 Å². The number of ether oxygens (including phenoxy) is 2. The topological polar surface area (TPSA) is 18.5 Å². The molecule has 5 rings (SSSR count). The molecule has 1 saturated carbocycles. The molecule has 0 atom stereocenters. The van der Waals surface area contributed by atoms with Crippen LogP contribution in [0, 0.1) is 35.0 Å². The summed E-state index contributed by atoms with van der Waals surface area (Å²) in [5, 5.41) is 0. The SMILES string of the molecule is CCCCCC1CCC(c2ccc(C(F)(F)Oc3ccc(-c4ccc(-c5cc(F)c(OCF)c(F)c5)c(F)c4)c(F)c3)c(F)c2)CC1. The third-order valence-electron chi connectivity index (χ3n) is 8.82. The molecular weight excluding hydrogens is 628 g/mol. The molecule has 0 saturated heterocycles. The van der Waals surface area contributed by atoms with E-state index in [1.54, 1.807) is 0 Å². The summed E-state index contributed by atoms with van der Waals surface area (Å²) >= 11 is 0. The number of benzene rings is 4. The van der Waals surface area contributed by atoms with Gasteiger partial charge >= 0.3 is 6.11 Å². The number of hydrogen-bond acceptors (Lipinski definition) is 2. The molecular formula is C37H34F8O2. The summed E-state index contributed by atoms with van der Waals surface area (Å²) in [5.74, 6) is -6.39. The highest BCUT2D eigenvalue weighted by Gasteiger charge is 2.38. The number of hydrogen-bond donors (Lipinski definition) is 0. The molecule has 1 aliphatic carbocycles. The molecule has 0 aromatic heterocycles. The van der Waals surface area contributed by atoms with E-state index in [0.29, 0.717) is 17.5 Å². The van der Waals surface area contributed by atoms with Crippen molar-refractivity contribution in [3.05, 3.63) is 107 Å². The minimum absolute atomic E-state index is 0.00277. The van der Waals surface area contributed by atoms with E-state index in [1.165, 1.54) is 37.8 Å². The van der Waals surface area contributed by atoms with Crippen LogP contribution in [0.5, 0.6) is 11.5 Å². The second-order valence-electron chi connectivity index (χ2n) is 11.9. The third kappa shape index (κ3) is 7.91. The average molecular weight is 663 g/mol. The lowest BCUT2D eigenvalue weighted by atomic mass is 9.77. The van der Waals surface area contributed by atoms with E-state index in [2.05, 4.69) is 11.7 Å². The first kappa shape index (κ1) is 34.3. The number of rotatable bonds is 12. The van der Waals surface area contributed by atoms with E-state index in [-0.39, 0.29) is 28.2 Å². The molecule has 0 bridgehead atoms. The summed E-state index contributed by atoms with van der Waals surface area (Å²) in [5.41, 5.74) is -0.939. The van der Waals surface area contributed by atoms with Crippen molar-refractivity contribution >= 4 is 0 Å². The van der Waals surface area contributed by atoms with Gasteiger partial charge in [-0.2, -0.15) is 8.78 Å². The molecule has 1 aliphatic rings. The van der Waals surface area contributed by atoms with Crippen LogP contribution in [-0.4, -0.2) is 6.86 Å². The molecule has 0 aliphatic heterocycles. The maximum absolute atomic E-state index is 15.1. The quantitative estimate of drug-likeness (QED) is 0.111. The van der Waals surface area contributed by atoms with E-state index in [0.717, 1.165) is 74.2 Å². The number of unbranched alkanes of at least 4 members (excludes halogenated alkanes) is 2. The zero-order valence-electron chi connectivity index (χ0n) is 25.7. The lowest BCUT2D eigenvalue weighted by Crippen LogP contribution is -2.24. The van der Waals surface area contributed by atoms with Crippen molar-refractivity contribution in [3.8, 4) is 33.8 Å². The van der Waals surface area contributed by atoms with Gasteiger partial charge in [0, 0.05) is 17.2 Å². The maximum Gasteiger partial charge on any atom is 0.429 e. The van der Waals surface area contributed by atoms with E-state index in [4.69, 9.17) is 4.74 Å². The lowest BCUT2D eigenvalue weighted by Gasteiger charge is -2.29. The van der Waals surface area contributed by atoms with Gasteiger partial charge in [0.05, 0.1) is 5.56 Å². The highest BCUT2D eigenvalue weighted by atomic mass is 19.3. The molecule has 2 nitrogen and oxygen atoms in total. The highest BCUT2D eigenvalue weighted by molar-refractivity contribution is 5.72. The summed E-state index contributed by atoms with van der Waals surface area (Å²) in [6.07, 6.45) is 4.46. The van der Waals surface area contributed by atoms with Crippen LogP contribution in [0.2, 0.25) is 0 Å². The van der Waals surface area contributed by atoms with Gasteiger partial charge < -0.3 is 9.47 Å². The third-order valence-corrected chi connectivity index (χ3v) is 8.82. The summed E-state index contributed by atoms with van der Waals surface area (Å²) in [4.78, 5) is 0. The van der Waals surface area contributed by atoms with Gasteiger partial charge in [-0.05, 0) is 96.7 Å². The first-order valence-electron chi connectivity index (χ1n) is 15.6. The Balaban J connectivity index is 1.27. The fraction of sp³-hybridized carbons (Fsp3) is 0.351. The van der Waals surface area contributed by atoms with Crippen LogP contribution in [0.3, 0.4) is 0 Å². The molecule has 1 fully saturated rings. The summed E-state index contributed by atoms with van der Waals surface area (Å²) < 4.78 is 125. The second kappa shape index (κ2) is 14.8. The van der Waals surface area contributed by atoms with E-state index < -0.39 is 59.1 Å². The smallest absolute Gasteiger partial charge is 0.429 e. The van der Waals surface area contributed by atoms with Gasteiger partial charge in [0.25, 0.3) is 0 Å². The van der Waals surface area contributed by atoms with Crippen LogP contribution >= 0.6 is 0 Å². The molecule has 10 heteroatoms. The van der Waals surface area contributed by atoms with Crippen LogP contribution in [-0.2, 0) is 6.11 Å². The predicted octanol–water partition coefficient (Wildman–Crippen LogP) is 12.0. The van der Waals surface area contributed by atoms with E-state index in [9.17, 15) is 17.6 Å². The Morgan fingerprint density at radius 2 is 1.32 bits per heavy atom. The second-order valence-corrected chi connectivity index (χ2v) is 11.9. The minimum atomic E-state index is -4.11. The van der Waals surface area contributed by atoms with Gasteiger partial charge in [0.15, 0.2) is 17.4 Å². The first-order valence-corrected chi connectivity index (χ1v) is 15.6. The zero-order valence-corrected chi connectivity index (χ0v) is 25.7. The van der Waals surface area contributed by atoms with Crippen LogP contribution in [0.4, 0.5) is 35.1 Å². The van der Waals surface area contributed by atoms with Crippen molar-refractivity contribution < 1.29 is 44.6 Å². The Bertz CT molecular complexity index is 1680. The molecule has 0 heterocycles. The average Bonchev–Trinajstić information content (AvgIpc) is 3.03. The van der Waals surface area contributed by atoms with Gasteiger partial charge in [-0.25, -0.2) is 26.3 Å². The number of alkyl halides is 3. The van der Waals surface area contributed by atoms with Crippen LogP contribution in [0.25, 0.3) is 22.3 Å². The van der Waals surface area contributed by atoms with E-state index >= 15 is 17.6 Å². The zero-order chi connectivity index (χ0) is 33.7. The normalized spacial score (nSPS) is 16.7. The maximum atomic E-state index is 15.1. The van der Waals surface area contributed by atoms with Crippen LogP contribution in [0.1, 0.15) is 75.3 Å². The van der Waals surface area contributed by atoms with Crippen LogP contribution < -0.4 is 9.47 Å². The van der Waals surface area contributed by atoms with Gasteiger partial charge in [-0.15, -0.1) is 0 Å². The van der Waals surface area contributed by atoms with Crippen molar-refractivity contribution in [2.75, 3.05) is 6.86 Å². The molecule has 0 N–H and O–H groups in total. The molecule has 47 heavy (non-hydrogen) atoms. The largest absolute Gasteiger partial charge is 0.457 e. The Kier molecular flexibility index (Phi) is 10.8. The molecule has 0 amide bonds. The Labute approximate surface area is 268 Å². The molecule has 4 aromatic rings. The molecule has 4 aromatic carbocycles. The Hall–Kier alpha value is -4.08. The molecule has 250 valence electrons. The minimum Gasteiger partial charge on any atom is -0.457 e. The number of halogens is 8. The van der Waals surface area contributed by atoms with Gasteiger partial charge in [-0.3, -0.25) is 0 Å². The van der Waals surface area contributed by atoms with Crippen molar-refractivity contribution in [1.82, 2.24) is 0 Å². The van der Waals surface area contributed by atoms with Gasteiger partial charge in [-0.1, -0.05) is 50.8 Å². The van der Waals surface area contributed by atoms with Crippen molar-refractivity contribution in [1.29, 1.82) is 0 Å². The predicted molar refractivity (Wildman–Crippen MR) is 164 cm³/mol. The van der Waals surface area contributed by atoms with Gasteiger partial charge in [0.2, 0.25) is 6.86 Å². The van der Waals surface area contributed by atoms with Crippen molar-refractivity contribution in [2.45, 2.75) is 70.3 Å². The Morgan fingerprint density at radius 1 is 0.681 bits per heavy atom.